The van der Waals surface area contributed by atoms with Crippen LogP contribution in [0.15, 0.2) is 72.8 Å². The van der Waals surface area contributed by atoms with E-state index in [4.69, 9.17) is 9.47 Å². The Morgan fingerprint density at radius 2 is 1.62 bits per heavy atom. The van der Waals surface area contributed by atoms with E-state index in [0.29, 0.717) is 13.1 Å². The Bertz CT molecular complexity index is 1220. The summed E-state index contributed by atoms with van der Waals surface area (Å²) in [4.78, 5) is 30.1. The van der Waals surface area contributed by atoms with Gasteiger partial charge < -0.3 is 29.5 Å². The summed E-state index contributed by atoms with van der Waals surface area (Å²) in [6.45, 7) is 4.54. The van der Waals surface area contributed by atoms with Gasteiger partial charge in [-0.15, -0.1) is 0 Å². The first-order chi connectivity index (χ1) is 18.1. The van der Waals surface area contributed by atoms with Gasteiger partial charge in [-0.1, -0.05) is 24.3 Å². The van der Waals surface area contributed by atoms with Crippen LogP contribution in [0, 0.1) is 0 Å². The minimum atomic E-state index is -0.124. The summed E-state index contributed by atoms with van der Waals surface area (Å²) >= 11 is 0. The Morgan fingerprint density at radius 3 is 2.32 bits per heavy atom. The predicted octanol–water partition coefficient (Wildman–Crippen LogP) is 3.33. The quantitative estimate of drug-likeness (QED) is 0.512. The number of rotatable bonds is 8. The molecule has 2 amide bonds. The molecule has 2 fully saturated rings. The first-order valence-electron chi connectivity index (χ1n) is 12.6. The van der Waals surface area contributed by atoms with Crippen molar-refractivity contribution in [1.29, 1.82) is 0 Å². The zero-order valence-electron chi connectivity index (χ0n) is 21.1. The molecule has 37 heavy (non-hydrogen) atoms. The smallest absolute Gasteiger partial charge is 0.242 e. The van der Waals surface area contributed by atoms with Crippen molar-refractivity contribution in [3.8, 4) is 5.75 Å². The van der Waals surface area contributed by atoms with Crippen LogP contribution in [0.3, 0.4) is 0 Å². The first kappa shape index (κ1) is 24.6. The molecular formula is C29H32N4O4. The second-order valence-corrected chi connectivity index (χ2v) is 9.25. The van der Waals surface area contributed by atoms with Gasteiger partial charge in [0.05, 0.1) is 33.4 Å². The summed E-state index contributed by atoms with van der Waals surface area (Å²) in [5.74, 6) is 0.635. The number of anilines is 3. The molecule has 5 rings (SSSR count). The van der Waals surface area contributed by atoms with E-state index in [1.165, 1.54) is 5.69 Å². The molecule has 2 heterocycles. The molecule has 0 radical (unpaired) electrons. The maximum Gasteiger partial charge on any atom is 0.242 e. The Morgan fingerprint density at radius 1 is 0.919 bits per heavy atom. The van der Waals surface area contributed by atoms with Gasteiger partial charge in [-0.3, -0.25) is 9.59 Å². The van der Waals surface area contributed by atoms with E-state index in [-0.39, 0.29) is 24.9 Å². The van der Waals surface area contributed by atoms with Gasteiger partial charge in [0.25, 0.3) is 0 Å². The topological polar surface area (TPSA) is 74.4 Å². The zero-order chi connectivity index (χ0) is 25.6. The van der Waals surface area contributed by atoms with E-state index in [1.54, 1.807) is 12.0 Å². The fourth-order valence-electron chi connectivity index (χ4n) is 4.70. The number of morpholine rings is 1. The van der Waals surface area contributed by atoms with Gasteiger partial charge in [0, 0.05) is 43.2 Å². The van der Waals surface area contributed by atoms with E-state index in [9.17, 15) is 9.59 Å². The Hall–Kier alpha value is -4.04. The summed E-state index contributed by atoms with van der Waals surface area (Å²) in [6.07, 6.45) is 0. The number of carbonyl (C=O) groups is 2. The number of hydrogen-bond donors (Lipinski definition) is 1. The number of benzene rings is 3. The molecule has 0 bridgehead atoms. The second-order valence-electron chi connectivity index (χ2n) is 9.25. The van der Waals surface area contributed by atoms with Crippen LogP contribution in [0.25, 0.3) is 0 Å². The molecule has 0 aromatic heterocycles. The number of ether oxygens (including phenoxy) is 2. The number of amides is 2. The lowest BCUT2D eigenvalue weighted by atomic mass is 10.1. The highest BCUT2D eigenvalue weighted by Crippen LogP contribution is 2.31. The lowest BCUT2D eigenvalue weighted by Gasteiger charge is -2.30. The number of nitrogens with one attached hydrogen (secondary N) is 1. The van der Waals surface area contributed by atoms with Crippen LogP contribution in [0.1, 0.15) is 11.1 Å². The highest BCUT2D eigenvalue weighted by molar-refractivity contribution is 5.92. The molecule has 2 aliphatic rings. The van der Waals surface area contributed by atoms with Crippen molar-refractivity contribution >= 4 is 28.9 Å². The summed E-state index contributed by atoms with van der Waals surface area (Å²) in [5.41, 5.74) is 5.42. The minimum absolute atomic E-state index is 0.0612. The third kappa shape index (κ3) is 6.03. The fourth-order valence-corrected chi connectivity index (χ4v) is 4.70. The molecular weight excluding hydrogens is 468 g/mol. The molecule has 0 aliphatic carbocycles. The minimum Gasteiger partial charge on any atom is -0.497 e. The summed E-state index contributed by atoms with van der Waals surface area (Å²) in [5, 5.41) is 2.59. The molecule has 1 N–H and O–H groups in total. The lowest BCUT2D eigenvalue weighted by molar-refractivity contribution is -0.141. The molecule has 0 atom stereocenters. The van der Waals surface area contributed by atoms with Gasteiger partial charge in [-0.05, 0) is 59.7 Å². The van der Waals surface area contributed by atoms with Crippen LogP contribution >= 0.6 is 0 Å². The zero-order valence-corrected chi connectivity index (χ0v) is 21.1. The maximum absolute atomic E-state index is 12.2. The van der Waals surface area contributed by atoms with Gasteiger partial charge in [-0.2, -0.15) is 0 Å². The molecule has 2 saturated heterocycles. The molecule has 0 spiro atoms. The second kappa shape index (κ2) is 11.3. The molecule has 3 aromatic rings. The van der Waals surface area contributed by atoms with Crippen molar-refractivity contribution in [2.75, 3.05) is 56.3 Å². The number of piperazine rings is 1. The third-order valence-corrected chi connectivity index (χ3v) is 6.76. The van der Waals surface area contributed by atoms with Gasteiger partial charge >= 0.3 is 0 Å². The summed E-state index contributed by atoms with van der Waals surface area (Å²) < 4.78 is 10.9. The number of carbonyl (C=O) groups excluding carboxylic acids is 2. The third-order valence-electron chi connectivity index (χ3n) is 6.76. The molecule has 2 aliphatic heterocycles. The van der Waals surface area contributed by atoms with Crippen molar-refractivity contribution in [2.45, 2.75) is 13.1 Å². The highest BCUT2D eigenvalue weighted by atomic mass is 16.5. The largest absolute Gasteiger partial charge is 0.497 e. The SMILES string of the molecule is COc1cccc(CN(c2ccc(CN3CC(=O)NCC3=O)cc2)c2ccc(N3CCOCC3)cc2)c1. The van der Waals surface area contributed by atoms with Crippen molar-refractivity contribution in [1.82, 2.24) is 10.2 Å². The van der Waals surface area contributed by atoms with E-state index >= 15 is 0 Å². The fraction of sp³-hybridized carbons (Fsp3) is 0.310. The maximum atomic E-state index is 12.2. The number of methoxy groups -OCH3 is 1. The highest BCUT2D eigenvalue weighted by Gasteiger charge is 2.23. The van der Waals surface area contributed by atoms with Gasteiger partial charge in [0.2, 0.25) is 11.8 Å². The molecule has 0 unspecified atom stereocenters. The average molecular weight is 501 g/mol. The molecule has 8 heteroatoms. The molecule has 192 valence electrons. The Kier molecular flexibility index (Phi) is 7.56. The number of nitrogens with zero attached hydrogens (tertiary/aromatic N) is 3. The van der Waals surface area contributed by atoms with Crippen molar-refractivity contribution in [2.24, 2.45) is 0 Å². The van der Waals surface area contributed by atoms with E-state index in [1.807, 2.05) is 24.3 Å². The van der Waals surface area contributed by atoms with Crippen LogP contribution < -0.4 is 19.9 Å². The summed E-state index contributed by atoms with van der Waals surface area (Å²) in [6, 6.07) is 24.9. The van der Waals surface area contributed by atoms with Gasteiger partial charge in [-0.25, -0.2) is 0 Å². The van der Waals surface area contributed by atoms with E-state index in [0.717, 1.165) is 54.6 Å². The van der Waals surface area contributed by atoms with Crippen LogP contribution in [0.5, 0.6) is 5.75 Å². The Labute approximate surface area is 217 Å². The van der Waals surface area contributed by atoms with Crippen LogP contribution in [0.2, 0.25) is 0 Å². The normalized spacial score (nSPS) is 15.9. The standard InChI is InChI=1S/C29H32N4O4/c1-36-27-4-2-3-23(17-27)20-33(26-11-9-24(10-12-26)31-13-15-37-16-14-31)25-7-5-22(6-8-25)19-32-21-28(34)30-18-29(32)35/h2-12,17H,13-16,18-21H2,1H3,(H,30,34). The first-order valence-corrected chi connectivity index (χ1v) is 12.6. The average Bonchev–Trinajstić information content (AvgIpc) is 2.95. The van der Waals surface area contributed by atoms with Crippen molar-refractivity contribution < 1.29 is 19.1 Å². The Balaban J connectivity index is 1.39. The summed E-state index contributed by atoms with van der Waals surface area (Å²) in [7, 11) is 1.68. The molecule has 3 aromatic carbocycles. The van der Waals surface area contributed by atoms with Crippen LogP contribution in [-0.2, 0) is 27.4 Å². The molecule has 8 nitrogen and oxygen atoms in total. The van der Waals surface area contributed by atoms with Crippen molar-refractivity contribution in [3.63, 3.8) is 0 Å². The number of hydrogen-bond acceptors (Lipinski definition) is 6. The van der Waals surface area contributed by atoms with Crippen LogP contribution in [0.4, 0.5) is 17.1 Å². The monoisotopic (exact) mass is 500 g/mol. The predicted molar refractivity (Wildman–Crippen MR) is 143 cm³/mol. The molecule has 0 saturated carbocycles. The van der Waals surface area contributed by atoms with Crippen LogP contribution in [-0.4, -0.2) is 63.2 Å². The van der Waals surface area contributed by atoms with Crippen molar-refractivity contribution in [3.05, 3.63) is 83.9 Å². The van der Waals surface area contributed by atoms with E-state index in [2.05, 4.69) is 63.6 Å². The van der Waals surface area contributed by atoms with Gasteiger partial charge in [0.1, 0.15) is 5.75 Å². The van der Waals surface area contributed by atoms with Gasteiger partial charge in [0.15, 0.2) is 0 Å². The lowest BCUT2D eigenvalue weighted by Crippen LogP contribution is -2.50. The van der Waals surface area contributed by atoms with E-state index < -0.39 is 0 Å².